The summed E-state index contributed by atoms with van der Waals surface area (Å²) in [7, 11) is -3.82. The normalized spacial score (nSPS) is 11.4. The number of nitrogens with zero attached hydrogens (tertiary/aromatic N) is 1. The Morgan fingerprint density at radius 1 is 1.10 bits per heavy atom. The predicted octanol–water partition coefficient (Wildman–Crippen LogP) is 5.25. The second-order valence-corrected chi connectivity index (χ2v) is 10.7. The summed E-state index contributed by atoms with van der Waals surface area (Å²) < 4.78 is 38.9. The third kappa shape index (κ3) is 7.07. The molecule has 0 saturated carbocycles. The van der Waals surface area contributed by atoms with Crippen molar-refractivity contribution in [1.29, 1.82) is 0 Å². The van der Waals surface area contributed by atoms with Crippen molar-refractivity contribution in [2.75, 3.05) is 29.4 Å². The Morgan fingerprint density at radius 2 is 1.77 bits per heavy atom. The zero-order valence-electron chi connectivity index (χ0n) is 15.6. The van der Waals surface area contributed by atoms with Crippen LogP contribution in [0.3, 0.4) is 0 Å². The van der Waals surface area contributed by atoms with E-state index in [1.807, 2.05) is 0 Å². The third-order valence-electron chi connectivity index (χ3n) is 3.82. The smallest absolute Gasteiger partial charge is 0.240 e. The number of halogens is 5. The molecule has 0 radical (unpaired) electrons. The highest BCUT2D eigenvalue weighted by molar-refractivity contribution is 7.98. The maximum atomic E-state index is 13.7. The first-order chi connectivity index (χ1) is 14.0. The summed E-state index contributed by atoms with van der Waals surface area (Å²) >= 11 is 25.3. The van der Waals surface area contributed by atoms with Crippen LogP contribution in [0.25, 0.3) is 0 Å². The van der Waals surface area contributed by atoms with E-state index in [9.17, 15) is 17.6 Å². The average Bonchev–Trinajstić information content (AvgIpc) is 2.64. The highest BCUT2D eigenvalue weighted by atomic mass is 35.5. The number of nitrogens with one attached hydrogen (secondary N) is 1. The van der Waals surface area contributed by atoms with Gasteiger partial charge in [0.15, 0.2) is 0 Å². The molecular formula is C18H17Cl4FN2O3S2. The molecule has 0 aliphatic heterocycles. The molecule has 30 heavy (non-hydrogen) atoms. The van der Waals surface area contributed by atoms with Crippen molar-refractivity contribution in [3.63, 3.8) is 0 Å². The first-order valence-electron chi connectivity index (χ1n) is 8.40. The van der Waals surface area contributed by atoms with Gasteiger partial charge >= 0.3 is 0 Å². The topological polar surface area (TPSA) is 66.5 Å². The second-order valence-electron chi connectivity index (χ2n) is 6.09. The predicted molar refractivity (Wildman–Crippen MR) is 124 cm³/mol. The van der Waals surface area contributed by atoms with Crippen molar-refractivity contribution in [1.82, 2.24) is 5.32 Å². The molecule has 0 spiro atoms. The number of carbonyl (C=O) groups excluding carboxylic acids is 1. The van der Waals surface area contributed by atoms with Crippen molar-refractivity contribution in [2.24, 2.45) is 0 Å². The van der Waals surface area contributed by atoms with Gasteiger partial charge in [0.2, 0.25) is 15.9 Å². The molecule has 0 fully saturated rings. The van der Waals surface area contributed by atoms with Crippen molar-refractivity contribution >= 4 is 79.8 Å². The zero-order valence-corrected chi connectivity index (χ0v) is 20.3. The number of hydrogen-bond acceptors (Lipinski definition) is 4. The first kappa shape index (κ1) is 25.4. The molecule has 1 amide bonds. The van der Waals surface area contributed by atoms with Gasteiger partial charge in [0, 0.05) is 28.6 Å². The Kier molecular flexibility index (Phi) is 9.39. The van der Waals surface area contributed by atoms with Crippen LogP contribution >= 0.6 is 58.2 Å². The van der Waals surface area contributed by atoms with Gasteiger partial charge in [-0.1, -0.05) is 52.5 Å². The fraction of sp³-hybridized carbons (Fsp3) is 0.278. The lowest BCUT2D eigenvalue weighted by Gasteiger charge is -2.23. The summed E-state index contributed by atoms with van der Waals surface area (Å²) in [4.78, 5) is 12.3. The lowest BCUT2D eigenvalue weighted by Crippen LogP contribution is -2.41. The number of thioether (sulfide) groups is 1. The Labute approximate surface area is 198 Å². The van der Waals surface area contributed by atoms with Crippen molar-refractivity contribution in [3.8, 4) is 0 Å². The van der Waals surface area contributed by atoms with Crippen LogP contribution in [0.2, 0.25) is 20.1 Å². The van der Waals surface area contributed by atoms with E-state index in [0.717, 1.165) is 10.6 Å². The monoisotopic (exact) mass is 532 g/mol. The molecule has 0 unspecified atom stereocenters. The van der Waals surface area contributed by atoms with Gasteiger partial charge in [-0.3, -0.25) is 9.10 Å². The van der Waals surface area contributed by atoms with E-state index in [-0.39, 0.29) is 33.1 Å². The van der Waals surface area contributed by atoms with Crippen molar-refractivity contribution < 1.29 is 17.6 Å². The van der Waals surface area contributed by atoms with E-state index in [1.165, 1.54) is 36.0 Å². The number of sulfonamides is 1. The number of rotatable bonds is 9. The van der Waals surface area contributed by atoms with Crippen LogP contribution in [0.1, 0.15) is 5.56 Å². The molecule has 1 N–H and O–H groups in total. The molecule has 2 aromatic carbocycles. The molecule has 0 bridgehead atoms. The van der Waals surface area contributed by atoms with Gasteiger partial charge in [-0.15, -0.1) is 0 Å². The largest absolute Gasteiger partial charge is 0.354 e. The maximum Gasteiger partial charge on any atom is 0.240 e. The average molecular weight is 534 g/mol. The lowest BCUT2D eigenvalue weighted by atomic mass is 10.2. The third-order valence-corrected chi connectivity index (χ3v) is 7.31. The van der Waals surface area contributed by atoms with Crippen LogP contribution in [0.5, 0.6) is 0 Å². The Balaban J connectivity index is 1.94. The quantitative estimate of drug-likeness (QED) is 0.353. The molecule has 0 aromatic heterocycles. The standard InChI is InChI=1S/C18H17Cl4FN2O3S2/c1-30(27,28)25(17-8-14(21)13(20)7-15(17)22)9-18(26)24-5-6-29-10-11-12(19)3-2-4-16(11)23/h2-4,7-8H,5-6,9-10H2,1H3,(H,24,26). The van der Waals surface area contributed by atoms with Crippen LogP contribution in [0.15, 0.2) is 30.3 Å². The van der Waals surface area contributed by atoms with Gasteiger partial charge in [0.05, 0.1) is 27.0 Å². The lowest BCUT2D eigenvalue weighted by molar-refractivity contribution is -0.119. The van der Waals surface area contributed by atoms with E-state index in [2.05, 4.69) is 5.32 Å². The molecule has 2 aromatic rings. The Bertz CT molecular complexity index is 1020. The van der Waals surface area contributed by atoms with E-state index >= 15 is 0 Å². The summed E-state index contributed by atoms with van der Waals surface area (Å²) in [5, 5.41) is 3.27. The fourth-order valence-corrected chi connectivity index (χ4v) is 5.13. The van der Waals surface area contributed by atoms with Gasteiger partial charge in [-0.2, -0.15) is 11.8 Å². The molecule has 164 valence electrons. The number of hydrogen-bond donors (Lipinski definition) is 1. The molecular weight excluding hydrogens is 517 g/mol. The summed E-state index contributed by atoms with van der Waals surface area (Å²) in [5.41, 5.74) is 0.445. The van der Waals surface area contributed by atoms with Crippen LogP contribution < -0.4 is 9.62 Å². The van der Waals surface area contributed by atoms with Gasteiger partial charge in [-0.05, 0) is 24.3 Å². The molecule has 0 atom stereocenters. The molecule has 0 saturated heterocycles. The van der Waals surface area contributed by atoms with Crippen LogP contribution in [0.4, 0.5) is 10.1 Å². The minimum absolute atomic E-state index is 0.0416. The van der Waals surface area contributed by atoms with Gasteiger partial charge in [0.25, 0.3) is 0 Å². The van der Waals surface area contributed by atoms with Crippen LogP contribution in [-0.2, 0) is 20.6 Å². The fourth-order valence-electron chi connectivity index (χ4n) is 2.38. The van der Waals surface area contributed by atoms with E-state index in [1.54, 1.807) is 6.07 Å². The molecule has 2 rings (SSSR count). The highest BCUT2D eigenvalue weighted by Crippen LogP contribution is 2.35. The van der Waals surface area contributed by atoms with Crippen LogP contribution in [0, 0.1) is 5.82 Å². The van der Waals surface area contributed by atoms with Crippen molar-refractivity contribution in [2.45, 2.75) is 5.75 Å². The highest BCUT2D eigenvalue weighted by Gasteiger charge is 2.24. The van der Waals surface area contributed by atoms with E-state index in [4.69, 9.17) is 46.4 Å². The molecule has 5 nitrogen and oxygen atoms in total. The zero-order chi connectivity index (χ0) is 22.5. The number of anilines is 1. The molecule has 0 aliphatic rings. The minimum atomic E-state index is -3.82. The van der Waals surface area contributed by atoms with Crippen LogP contribution in [-0.4, -0.2) is 39.4 Å². The Morgan fingerprint density at radius 3 is 2.40 bits per heavy atom. The number of benzene rings is 2. The number of carbonyl (C=O) groups is 1. The molecule has 0 heterocycles. The van der Waals surface area contributed by atoms with E-state index < -0.39 is 22.5 Å². The van der Waals surface area contributed by atoms with Gasteiger partial charge in [-0.25, -0.2) is 12.8 Å². The summed E-state index contributed by atoms with van der Waals surface area (Å²) in [6.07, 6.45) is 0.952. The molecule has 0 aliphatic carbocycles. The summed E-state index contributed by atoms with van der Waals surface area (Å²) in [6, 6.07) is 7.06. The number of amides is 1. The van der Waals surface area contributed by atoms with Crippen molar-refractivity contribution in [3.05, 3.63) is 61.8 Å². The summed E-state index contributed by atoms with van der Waals surface area (Å²) in [5.74, 6) is -0.105. The SMILES string of the molecule is CS(=O)(=O)N(CC(=O)NCCSCc1c(F)cccc1Cl)c1cc(Cl)c(Cl)cc1Cl. The Hall–Kier alpha value is -0.900. The molecule has 12 heteroatoms. The maximum absolute atomic E-state index is 13.7. The second kappa shape index (κ2) is 11.1. The first-order valence-corrected chi connectivity index (χ1v) is 12.9. The van der Waals surface area contributed by atoms with Gasteiger partial charge < -0.3 is 5.32 Å². The van der Waals surface area contributed by atoms with Gasteiger partial charge in [0.1, 0.15) is 12.4 Å². The summed E-state index contributed by atoms with van der Waals surface area (Å²) in [6.45, 7) is -0.234. The van der Waals surface area contributed by atoms with E-state index in [0.29, 0.717) is 22.1 Å². The minimum Gasteiger partial charge on any atom is -0.354 e.